The van der Waals surface area contributed by atoms with Crippen molar-refractivity contribution in [1.29, 1.82) is 0 Å². The summed E-state index contributed by atoms with van der Waals surface area (Å²) in [6.45, 7) is 5.69. The molecule has 0 aromatic heterocycles. The molecule has 2 nitrogen and oxygen atoms in total. The maximum absolute atomic E-state index is 5.89. The average molecular weight is 244 g/mol. The highest BCUT2D eigenvalue weighted by Crippen LogP contribution is 2.23. The van der Waals surface area contributed by atoms with Crippen molar-refractivity contribution in [2.24, 2.45) is 11.7 Å². The topological polar surface area (TPSA) is 29.3 Å². The molecule has 3 heteroatoms. The van der Waals surface area contributed by atoms with Gasteiger partial charge < -0.3 is 5.73 Å². The second-order valence-corrected chi connectivity index (χ2v) is 5.92. The SMILES string of the molecule is CCCC1CCN(C(CN)CCSC)CC1. The molecule has 1 saturated heterocycles. The van der Waals surface area contributed by atoms with Crippen molar-refractivity contribution >= 4 is 11.8 Å². The van der Waals surface area contributed by atoms with E-state index in [1.807, 2.05) is 11.8 Å². The highest BCUT2D eigenvalue weighted by molar-refractivity contribution is 7.98. The largest absolute Gasteiger partial charge is 0.329 e. The lowest BCUT2D eigenvalue weighted by Crippen LogP contribution is -2.45. The fourth-order valence-electron chi connectivity index (χ4n) is 2.72. The molecule has 0 saturated carbocycles. The first-order chi connectivity index (χ1) is 7.81. The van der Waals surface area contributed by atoms with Gasteiger partial charge in [0.15, 0.2) is 0 Å². The minimum atomic E-state index is 0.634. The van der Waals surface area contributed by atoms with E-state index in [-0.39, 0.29) is 0 Å². The highest BCUT2D eigenvalue weighted by atomic mass is 32.2. The predicted octanol–water partition coefficient (Wildman–Crippen LogP) is 2.58. The van der Waals surface area contributed by atoms with Crippen molar-refractivity contribution in [2.75, 3.05) is 31.6 Å². The normalized spacial score (nSPS) is 21.2. The number of hydrogen-bond acceptors (Lipinski definition) is 3. The molecule has 1 atom stereocenters. The third-order valence-corrected chi connectivity index (χ3v) is 4.43. The molecule has 1 fully saturated rings. The summed E-state index contributed by atoms with van der Waals surface area (Å²) in [4.78, 5) is 2.63. The molecule has 0 spiro atoms. The van der Waals surface area contributed by atoms with Crippen LogP contribution in [0.4, 0.5) is 0 Å². The second kappa shape index (κ2) is 8.37. The van der Waals surface area contributed by atoms with Gasteiger partial charge in [0.25, 0.3) is 0 Å². The molecule has 0 amide bonds. The lowest BCUT2D eigenvalue weighted by atomic mass is 9.91. The fraction of sp³-hybridized carbons (Fsp3) is 1.00. The number of thioether (sulfide) groups is 1. The van der Waals surface area contributed by atoms with E-state index in [1.54, 1.807) is 0 Å². The van der Waals surface area contributed by atoms with Gasteiger partial charge in [-0.05, 0) is 50.3 Å². The first kappa shape index (κ1) is 14.3. The Labute approximate surface area is 105 Å². The van der Waals surface area contributed by atoms with Gasteiger partial charge in [-0.25, -0.2) is 0 Å². The lowest BCUT2D eigenvalue weighted by Gasteiger charge is -2.37. The Bertz CT molecular complexity index is 167. The second-order valence-electron chi connectivity index (χ2n) is 4.94. The molecule has 1 aliphatic heterocycles. The number of rotatable bonds is 7. The Morgan fingerprint density at radius 2 is 2.06 bits per heavy atom. The van der Waals surface area contributed by atoms with E-state index in [9.17, 15) is 0 Å². The van der Waals surface area contributed by atoms with E-state index in [2.05, 4.69) is 18.1 Å². The number of nitrogens with two attached hydrogens (primary N) is 1. The molecule has 1 heterocycles. The summed E-state index contributed by atoms with van der Waals surface area (Å²) in [5.74, 6) is 2.23. The molecule has 2 N–H and O–H groups in total. The van der Waals surface area contributed by atoms with Gasteiger partial charge in [-0.15, -0.1) is 0 Å². The molecule has 0 aromatic carbocycles. The Hall–Kier alpha value is 0.270. The van der Waals surface area contributed by atoms with Gasteiger partial charge in [0.2, 0.25) is 0 Å². The molecular weight excluding hydrogens is 216 g/mol. The van der Waals surface area contributed by atoms with Gasteiger partial charge in [0.05, 0.1) is 0 Å². The van der Waals surface area contributed by atoms with E-state index in [4.69, 9.17) is 5.73 Å². The summed E-state index contributed by atoms with van der Waals surface area (Å²) < 4.78 is 0. The Morgan fingerprint density at radius 3 is 2.56 bits per heavy atom. The first-order valence-electron chi connectivity index (χ1n) is 6.74. The first-order valence-corrected chi connectivity index (χ1v) is 8.14. The summed E-state index contributed by atoms with van der Waals surface area (Å²) in [7, 11) is 0. The summed E-state index contributed by atoms with van der Waals surface area (Å²) in [6.07, 6.45) is 8.99. The van der Waals surface area contributed by atoms with Gasteiger partial charge in [-0.2, -0.15) is 11.8 Å². The minimum Gasteiger partial charge on any atom is -0.329 e. The van der Waals surface area contributed by atoms with Crippen LogP contribution in [0.1, 0.15) is 39.0 Å². The molecule has 16 heavy (non-hydrogen) atoms. The van der Waals surface area contributed by atoms with Crippen molar-refractivity contribution in [1.82, 2.24) is 4.90 Å². The van der Waals surface area contributed by atoms with Gasteiger partial charge >= 0.3 is 0 Å². The molecule has 1 unspecified atom stereocenters. The van der Waals surface area contributed by atoms with E-state index in [0.717, 1.165) is 12.5 Å². The van der Waals surface area contributed by atoms with E-state index >= 15 is 0 Å². The highest BCUT2D eigenvalue weighted by Gasteiger charge is 2.23. The zero-order valence-corrected chi connectivity index (χ0v) is 11.8. The summed E-state index contributed by atoms with van der Waals surface area (Å²) in [6, 6.07) is 0.634. The quantitative estimate of drug-likeness (QED) is 0.746. The van der Waals surface area contributed by atoms with Crippen LogP contribution in [0.5, 0.6) is 0 Å². The zero-order valence-electron chi connectivity index (χ0n) is 11.0. The van der Waals surface area contributed by atoms with E-state index in [1.165, 1.54) is 50.9 Å². The average Bonchev–Trinajstić information content (AvgIpc) is 2.32. The van der Waals surface area contributed by atoms with Crippen molar-refractivity contribution in [2.45, 2.75) is 45.1 Å². The van der Waals surface area contributed by atoms with Crippen LogP contribution in [0.3, 0.4) is 0 Å². The molecule has 0 radical (unpaired) electrons. The number of hydrogen-bond donors (Lipinski definition) is 1. The smallest absolute Gasteiger partial charge is 0.0226 e. The van der Waals surface area contributed by atoms with E-state index < -0.39 is 0 Å². The van der Waals surface area contributed by atoms with Crippen LogP contribution < -0.4 is 5.73 Å². The maximum Gasteiger partial charge on any atom is 0.0226 e. The molecule has 0 aromatic rings. The van der Waals surface area contributed by atoms with Gasteiger partial charge in [0, 0.05) is 12.6 Å². The van der Waals surface area contributed by atoms with Gasteiger partial charge in [-0.3, -0.25) is 4.90 Å². The monoisotopic (exact) mass is 244 g/mol. The van der Waals surface area contributed by atoms with Crippen molar-refractivity contribution in [3.8, 4) is 0 Å². The number of likely N-dealkylation sites (tertiary alicyclic amines) is 1. The summed E-state index contributed by atoms with van der Waals surface area (Å²) in [5, 5.41) is 0. The maximum atomic E-state index is 5.89. The Kier molecular flexibility index (Phi) is 7.50. The predicted molar refractivity (Wildman–Crippen MR) is 75.0 cm³/mol. The van der Waals surface area contributed by atoms with Crippen LogP contribution in [0.25, 0.3) is 0 Å². The van der Waals surface area contributed by atoms with Gasteiger partial charge in [-0.1, -0.05) is 19.8 Å². The minimum absolute atomic E-state index is 0.634. The molecular formula is C13H28N2S. The van der Waals surface area contributed by atoms with Crippen molar-refractivity contribution < 1.29 is 0 Å². The van der Waals surface area contributed by atoms with Crippen molar-refractivity contribution in [3.05, 3.63) is 0 Å². The summed E-state index contributed by atoms with van der Waals surface area (Å²) in [5.41, 5.74) is 5.89. The molecule has 96 valence electrons. The lowest BCUT2D eigenvalue weighted by molar-refractivity contribution is 0.129. The van der Waals surface area contributed by atoms with Crippen LogP contribution in [-0.4, -0.2) is 42.6 Å². The van der Waals surface area contributed by atoms with Crippen LogP contribution in [0, 0.1) is 5.92 Å². The van der Waals surface area contributed by atoms with Crippen LogP contribution in [-0.2, 0) is 0 Å². The number of piperidine rings is 1. The standard InChI is InChI=1S/C13H28N2S/c1-3-4-12-5-8-15(9-6-12)13(11-14)7-10-16-2/h12-13H,3-11,14H2,1-2H3. The summed E-state index contributed by atoms with van der Waals surface area (Å²) >= 11 is 1.94. The van der Waals surface area contributed by atoms with Crippen LogP contribution in [0.15, 0.2) is 0 Å². The Balaban J connectivity index is 2.27. The molecule has 1 rings (SSSR count). The van der Waals surface area contributed by atoms with Crippen molar-refractivity contribution in [3.63, 3.8) is 0 Å². The third kappa shape index (κ3) is 4.64. The number of nitrogens with zero attached hydrogens (tertiary/aromatic N) is 1. The van der Waals surface area contributed by atoms with Crippen LogP contribution >= 0.6 is 11.8 Å². The fourth-order valence-corrected chi connectivity index (χ4v) is 3.23. The van der Waals surface area contributed by atoms with Gasteiger partial charge in [0.1, 0.15) is 0 Å². The van der Waals surface area contributed by atoms with Crippen LogP contribution in [0.2, 0.25) is 0 Å². The zero-order chi connectivity index (χ0) is 11.8. The van der Waals surface area contributed by atoms with E-state index in [0.29, 0.717) is 6.04 Å². The Morgan fingerprint density at radius 1 is 1.38 bits per heavy atom. The molecule has 1 aliphatic rings. The third-order valence-electron chi connectivity index (χ3n) is 3.79. The molecule has 0 bridgehead atoms. The molecule has 0 aliphatic carbocycles.